The van der Waals surface area contributed by atoms with Gasteiger partial charge in [-0.1, -0.05) is 33.2 Å². The topological polar surface area (TPSA) is 51.0 Å². The van der Waals surface area contributed by atoms with Gasteiger partial charge in [0, 0.05) is 10.0 Å². The molecule has 8 heteroatoms. The minimum Gasteiger partial charge on any atom is -0.338 e. The first-order valence-corrected chi connectivity index (χ1v) is 6.10. The Balaban J connectivity index is 2.02. The maximum absolute atomic E-state index is 11.9. The van der Waals surface area contributed by atoms with Crippen LogP contribution in [0.15, 0.2) is 33.3 Å². The van der Waals surface area contributed by atoms with Crippen LogP contribution in [0.3, 0.4) is 0 Å². The van der Waals surface area contributed by atoms with Gasteiger partial charge in [-0.15, -0.1) is 0 Å². The summed E-state index contributed by atoms with van der Waals surface area (Å²) in [7, 11) is 0. The third-order valence-corrected chi connectivity index (χ3v) is 2.88. The van der Waals surface area contributed by atoms with Crippen molar-refractivity contribution in [2.45, 2.75) is 12.7 Å². The summed E-state index contributed by atoms with van der Waals surface area (Å²) in [5.41, 5.74) is 0.716. The van der Waals surface area contributed by atoms with Crippen molar-refractivity contribution in [2.24, 2.45) is 0 Å². The Labute approximate surface area is 115 Å². The number of nitrogens with one attached hydrogen (secondary N) is 1. The van der Waals surface area contributed by atoms with Crippen molar-refractivity contribution in [1.82, 2.24) is 15.5 Å². The lowest BCUT2D eigenvalue weighted by molar-refractivity contribution is -0.125. The molecule has 1 aromatic carbocycles. The first kappa shape index (κ1) is 14.0. The minimum absolute atomic E-state index is 0.106. The van der Waals surface area contributed by atoms with E-state index >= 15 is 0 Å². The lowest BCUT2D eigenvalue weighted by atomic mass is 10.2. The number of hydrogen-bond acceptors (Lipinski definition) is 4. The summed E-state index contributed by atoms with van der Waals surface area (Å²) >= 11 is 3.33. The summed E-state index contributed by atoms with van der Waals surface area (Å²) in [6.07, 6.45) is -4.26. The molecular formula is C11H9BrF3N3O. The molecule has 0 saturated heterocycles. The van der Waals surface area contributed by atoms with E-state index in [-0.39, 0.29) is 12.4 Å². The molecule has 0 fully saturated rings. The summed E-state index contributed by atoms with van der Waals surface area (Å²) in [6.45, 7) is -1.23. The summed E-state index contributed by atoms with van der Waals surface area (Å²) in [5.74, 6) is 0.436. The van der Waals surface area contributed by atoms with Crippen LogP contribution < -0.4 is 5.32 Å². The van der Waals surface area contributed by atoms with E-state index in [1.165, 1.54) is 0 Å². The van der Waals surface area contributed by atoms with Gasteiger partial charge in [0.15, 0.2) is 0 Å². The maximum atomic E-state index is 11.9. The Hall–Kier alpha value is -1.41. The standard InChI is InChI=1S/C11H9BrF3N3O/c12-8-4-2-1-3-7(8)10-17-9(19-18-10)5-16-6-11(13,14)15/h1-4,16H,5-6H2. The van der Waals surface area contributed by atoms with E-state index in [0.29, 0.717) is 11.4 Å². The van der Waals surface area contributed by atoms with Gasteiger partial charge in [-0.05, 0) is 12.1 Å². The molecule has 0 atom stereocenters. The minimum atomic E-state index is -4.26. The number of benzene rings is 1. The van der Waals surface area contributed by atoms with Crippen molar-refractivity contribution < 1.29 is 17.7 Å². The predicted molar refractivity (Wildman–Crippen MR) is 65.2 cm³/mol. The Morgan fingerprint density at radius 1 is 1.26 bits per heavy atom. The summed E-state index contributed by atoms with van der Waals surface area (Å²) < 4.78 is 41.5. The lowest BCUT2D eigenvalue weighted by Gasteiger charge is -2.05. The smallest absolute Gasteiger partial charge is 0.338 e. The molecule has 0 spiro atoms. The van der Waals surface area contributed by atoms with Crippen LogP contribution in [-0.2, 0) is 6.54 Å². The van der Waals surface area contributed by atoms with Crippen LogP contribution in [0.1, 0.15) is 5.89 Å². The molecule has 0 aliphatic carbocycles. The number of aromatic nitrogens is 2. The van der Waals surface area contributed by atoms with Crippen molar-refractivity contribution in [2.75, 3.05) is 6.54 Å². The van der Waals surface area contributed by atoms with Crippen LogP contribution in [0.5, 0.6) is 0 Å². The maximum Gasteiger partial charge on any atom is 0.401 e. The molecule has 2 aromatic rings. The third kappa shape index (κ3) is 4.03. The molecule has 1 N–H and O–H groups in total. The van der Waals surface area contributed by atoms with Gasteiger partial charge in [0.2, 0.25) is 11.7 Å². The molecule has 4 nitrogen and oxygen atoms in total. The molecule has 0 radical (unpaired) electrons. The second-order valence-corrected chi connectivity index (χ2v) is 4.56. The molecule has 102 valence electrons. The molecule has 0 aliphatic heterocycles. The van der Waals surface area contributed by atoms with E-state index in [1.807, 2.05) is 12.1 Å². The normalized spacial score (nSPS) is 11.8. The van der Waals surface area contributed by atoms with Crippen molar-refractivity contribution in [3.8, 4) is 11.4 Å². The van der Waals surface area contributed by atoms with Crippen molar-refractivity contribution in [1.29, 1.82) is 0 Å². The van der Waals surface area contributed by atoms with Gasteiger partial charge < -0.3 is 9.84 Å². The van der Waals surface area contributed by atoms with Gasteiger partial charge in [-0.2, -0.15) is 18.2 Å². The highest BCUT2D eigenvalue weighted by Gasteiger charge is 2.26. The van der Waals surface area contributed by atoms with Crippen molar-refractivity contribution in [3.63, 3.8) is 0 Å². The fourth-order valence-electron chi connectivity index (χ4n) is 1.39. The Morgan fingerprint density at radius 3 is 2.68 bits per heavy atom. The number of alkyl halides is 3. The second-order valence-electron chi connectivity index (χ2n) is 3.71. The molecule has 19 heavy (non-hydrogen) atoms. The molecule has 0 aliphatic rings. The monoisotopic (exact) mass is 335 g/mol. The number of rotatable bonds is 4. The molecule has 0 saturated carbocycles. The Kier molecular flexibility index (Phi) is 4.20. The zero-order chi connectivity index (χ0) is 13.9. The fourth-order valence-corrected chi connectivity index (χ4v) is 1.85. The van der Waals surface area contributed by atoms with Gasteiger partial charge in [-0.25, -0.2) is 0 Å². The number of hydrogen-bond donors (Lipinski definition) is 1. The lowest BCUT2D eigenvalue weighted by Crippen LogP contribution is -2.28. The molecule has 1 heterocycles. The molecule has 0 unspecified atom stereocenters. The fraction of sp³-hybridized carbons (Fsp3) is 0.273. The van der Waals surface area contributed by atoms with Gasteiger partial charge in [0.25, 0.3) is 0 Å². The van der Waals surface area contributed by atoms with E-state index in [4.69, 9.17) is 4.52 Å². The highest BCUT2D eigenvalue weighted by Crippen LogP contribution is 2.25. The first-order valence-electron chi connectivity index (χ1n) is 5.31. The van der Waals surface area contributed by atoms with Gasteiger partial charge >= 0.3 is 6.18 Å². The highest BCUT2D eigenvalue weighted by molar-refractivity contribution is 9.10. The molecule has 2 rings (SSSR count). The van der Waals surface area contributed by atoms with E-state index in [2.05, 4.69) is 31.4 Å². The quantitative estimate of drug-likeness (QED) is 0.932. The van der Waals surface area contributed by atoms with Crippen LogP contribution in [0, 0.1) is 0 Å². The number of halogens is 4. The SMILES string of the molecule is FC(F)(F)CNCc1nc(-c2ccccc2Br)no1. The zero-order valence-electron chi connectivity index (χ0n) is 9.54. The predicted octanol–water partition coefficient (Wildman–Crippen LogP) is 3.15. The third-order valence-electron chi connectivity index (χ3n) is 2.18. The molecule has 0 bridgehead atoms. The van der Waals surface area contributed by atoms with Crippen LogP contribution in [0.2, 0.25) is 0 Å². The van der Waals surface area contributed by atoms with Crippen LogP contribution in [0.25, 0.3) is 11.4 Å². The average molecular weight is 336 g/mol. The largest absolute Gasteiger partial charge is 0.401 e. The molecule has 0 amide bonds. The van der Waals surface area contributed by atoms with Gasteiger partial charge in [0.1, 0.15) is 0 Å². The number of nitrogens with zero attached hydrogens (tertiary/aromatic N) is 2. The summed E-state index contributed by atoms with van der Waals surface area (Å²) in [6, 6.07) is 7.23. The van der Waals surface area contributed by atoms with Gasteiger partial charge in [-0.3, -0.25) is 0 Å². The van der Waals surface area contributed by atoms with Crippen LogP contribution in [0.4, 0.5) is 13.2 Å². The van der Waals surface area contributed by atoms with Crippen LogP contribution >= 0.6 is 15.9 Å². The summed E-state index contributed by atoms with van der Waals surface area (Å²) in [4.78, 5) is 4.02. The average Bonchev–Trinajstić information content (AvgIpc) is 2.76. The van der Waals surface area contributed by atoms with Crippen molar-refractivity contribution >= 4 is 15.9 Å². The van der Waals surface area contributed by atoms with Crippen molar-refractivity contribution in [3.05, 3.63) is 34.6 Å². The first-order chi connectivity index (χ1) is 8.96. The Morgan fingerprint density at radius 2 is 2.00 bits per heavy atom. The highest BCUT2D eigenvalue weighted by atomic mass is 79.9. The summed E-state index contributed by atoms with van der Waals surface area (Å²) in [5, 5.41) is 5.91. The second kappa shape index (κ2) is 5.70. The van der Waals surface area contributed by atoms with E-state index in [0.717, 1.165) is 4.47 Å². The van der Waals surface area contributed by atoms with E-state index in [9.17, 15) is 13.2 Å². The van der Waals surface area contributed by atoms with E-state index in [1.54, 1.807) is 12.1 Å². The molecular weight excluding hydrogens is 327 g/mol. The molecule has 1 aromatic heterocycles. The van der Waals surface area contributed by atoms with E-state index < -0.39 is 12.7 Å². The van der Waals surface area contributed by atoms with Gasteiger partial charge in [0.05, 0.1) is 13.1 Å². The Bertz CT molecular complexity index is 556. The van der Waals surface area contributed by atoms with Crippen LogP contribution in [-0.4, -0.2) is 22.9 Å². The zero-order valence-corrected chi connectivity index (χ0v) is 11.1.